The van der Waals surface area contributed by atoms with E-state index in [-0.39, 0.29) is 18.6 Å². The summed E-state index contributed by atoms with van der Waals surface area (Å²) in [5.41, 5.74) is 0. The molecule has 0 aromatic rings. The van der Waals surface area contributed by atoms with Gasteiger partial charge in [0.2, 0.25) is 0 Å². The highest BCUT2D eigenvalue weighted by atomic mass is 35.6. The number of hydrogen-bond donors (Lipinski definition) is 2. The van der Waals surface area contributed by atoms with Crippen LogP contribution in [0.5, 0.6) is 0 Å². The van der Waals surface area contributed by atoms with E-state index in [1.807, 2.05) is 0 Å². The summed E-state index contributed by atoms with van der Waals surface area (Å²) < 4.78 is -0.750. The summed E-state index contributed by atoms with van der Waals surface area (Å²) in [4.78, 5) is 0. The third-order valence-electron chi connectivity index (χ3n) is 0. The van der Waals surface area contributed by atoms with Crippen LogP contribution in [0.4, 0.5) is 0 Å². The third-order valence-corrected chi connectivity index (χ3v) is 0. The summed E-state index contributed by atoms with van der Waals surface area (Å²) in [6.07, 6.45) is 0. The molecular formula is C2H9Cl4NO. The molecule has 0 aromatic carbocycles. The molecule has 2 nitrogen and oxygen atoms in total. The van der Waals surface area contributed by atoms with E-state index in [4.69, 9.17) is 39.9 Å². The van der Waals surface area contributed by atoms with Crippen molar-refractivity contribution in [3.05, 3.63) is 0 Å². The van der Waals surface area contributed by atoms with E-state index in [2.05, 4.69) is 0 Å². The largest absolute Gasteiger partial charge is 0.400 e. The number of hydrogen-bond acceptors (Lipinski definition) is 2. The first-order valence-electron chi connectivity index (χ1n) is 1.10. The molecule has 0 rings (SSSR count). The second-order valence-corrected chi connectivity index (χ2v) is 2.23. The molecular weight excluding hydrogens is 196 g/mol. The number of halogens is 4. The number of rotatable bonds is 0. The SMILES string of the molecule is CO.Cl.ClC(Cl)Cl.N. The Balaban J connectivity index is -0.0000000183. The van der Waals surface area contributed by atoms with E-state index in [0.717, 1.165) is 7.11 Å². The molecule has 4 N–H and O–H groups in total. The number of alkyl halides is 3. The van der Waals surface area contributed by atoms with Crippen molar-refractivity contribution in [1.82, 2.24) is 6.15 Å². The molecule has 0 fully saturated rings. The van der Waals surface area contributed by atoms with Crippen molar-refractivity contribution in [2.45, 2.75) is 4.30 Å². The zero-order valence-corrected chi connectivity index (χ0v) is 7.36. The third kappa shape index (κ3) is 224. The van der Waals surface area contributed by atoms with Gasteiger partial charge in [0.1, 0.15) is 0 Å². The molecule has 0 aliphatic carbocycles. The van der Waals surface area contributed by atoms with Crippen LogP contribution in [-0.4, -0.2) is 16.5 Å². The Morgan fingerprint density at radius 3 is 1.12 bits per heavy atom. The van der Waals surface area contributed by atoms with Crippen molar-refractivity contribution in [2.75, 3.05) is 7.11 Å². The van der Waals surface area contributed by atoms with Crippen LogP contribution < -0.4 is 6.15 Å². The van der Waals surface area contributed by atoms with Crippen molar-refractivity contribution in [3.8, 4) is 0 Å². The minimum Gasteiger partial charge on any atom is -0.400 e. The van der Waals surface area contributed by atoms with Crippen molar-refractivity contribution < 1.29 is 5.11 Å². The number of aliphatic hydroxyl groups is 1. The van der Waals surface area contributed by atoms with Gasteiger partial charge in [0, 0.05) is 7.11 Å². The first kappa shape index (κ1) is 23.0. The average molecular weight is 205 g/mol. The summed E-state index contributed by atoms with van der Waals surface area (Å²) in [5.74, 6) is 0. The van der Waals surface area contributed by atoms with Crippen LogP contribution in [0.25, 0.3) is 0 Å². The molecule has 0 unspecified atom stereocenters. The second-order valence-electron chi connectivity index (χ2n) is 0.247. The van der Waals surface area contributed by atoms with E-state index in [1.165, 1.54) is 0 Å². The monoisotopic (exact) mass is 203 g/mol. The lowest BCUT2D eigenvalue weighted by atomic mass is 11.8. The predicted molar refractivity (Wildman–Crippen MR) is 41.8 cm³/mol. The van der Waals surface area contributed by atoms with Crippen LogP contribution in [0.3, 0.4) is 0 Å². The summed E-state index contributed by atoms with van der Waals surface area (Å²) in [5, 5.41) is 7.00. The molecule has 0 spiro atoms. The molecule has 8 heavy (non-hydrogen) atoms. The topological polar surface area (TPSA) is 55.2 Å². The standard InChI is InChI=1S/CHCl3.CH4O.ClH.H3N/c2-1(3)4;1-2;;/h1H;2H,1H3;1H;1H3. The molecule has 56 valence electrons. The van der Waals surface area contributed by atoms with Gasteiger partial charge in [-0.15, -0.1) is 12.4 Å². The highest BCUT2D eigenvalue weighted by Gasteiger charge is 1.78. The highest BCUT2D eigenvalue weighted by Crippen LogP contribution is 2.03. The maximum absolute atomic E-state index is 7.00. The Morgan fingerprint density at radius 1 is 1.12 bits per heavy atom. The lowest BCUT2D eigenvalue weighted by molar-refractivity contribution is 0.399. The van der Waals surface area contributed by atoms with Crippen LogP contribution in [-0.2, 0) is 0 Å². The van der Waals surface area contributed by atoms with E-state index in [0.29, 0.717) is 0 Å². The fraction of sp³-hybridized carbons (Fsp3) is 1.00. The van der Waals surface area contributed by atoms with Crippen LogP contribution in [0.1, 0.15) is 0 Å². The van der Waals surface area contributed by atoms with Crippen LogP contribution in [0, 0.1) is 0 Å². The second kappa shape index (κ2) is 24.3. The van der Waals surface area contributed by atoms with E-state index >= 15 is 0 Å². The maximum atomic E-state index is 7.00. The summed E-state index contributed by atoms with van der Waals surface area (Å²) in [6, 6.07) is 0. The highest BCUT2D eigenvalue weighted by molar-refractivity contribution is 6.63. The van der Waals surface area contributed by atoms with Gasteiger partial charge >= 0.3 is 0 Å². The van der Waals surface area contributed by atoms with Gasteiger partial charge in [-0.2, -0.15) is 0 Å². The van der Waals surface area contributed by atoms with Crippen molar-refractivity contribution in [2.24, 2.45) is 0 Å². The maximum Gasteiger partial charge on any atom is 0.180 e. The van der Waals surface area contributed by atoms with Gasteiger partial charge in [-0.25, -0.2) is 0 Å². The normalized spacial score (nSPS) is 5.25. The summed E-state index contributed by atoms with van der Waals surface area (Å²) >= 11 is 14.4. The minimum absolute atomic E-state index is 0. The zero-order valence-electron chi connectivity index (χ0n) is 4.27. The van der Waals surface area contributed by atoms with Gasteiger partial charge in [0.15, 0.2) is 4.30 Å². The molecule has 6 heteroatoms. The summed E-state index contributed by atoms with van der Waals surface area (Å²) in [6.45, 7) is 0. The number of aliphatic hydroxyl groups excluding tert-OH is 1. The quantitative estimate of drug-likeness (QED) is 0.595. The summed E-state index contributed by atoms with van der Waals surface area (Å²) in [7, 11) is 1.00. The molecule has 0 heterocycles. The van der Waals surface area contributed by atoms with Gasteiger partial charge in [-0.3, -0.25) is 0 Å². The predicted octanol–water partition coefficient (Wildman–Crippen LogP) is 2.18. The molecule has 0 atom stereocenters. The molecule has 0 aromatic heterocycles. The van der Waals surface area contributed by atoms with Gasteiger partial charge in [0.05, 0.1) is 0 Å². The van der Waals surface area contributed by atoms with E-state index < -0.39 is 4.30 Å². The van der Waals surface area contributed by atoms with Gasteiger partial charge in [-0.1, -0.05) is 34.8 Å². The van der Waals surface area contributed by atoms with Crippen molar-refractivity contribution in [3.63, 3.8) is 0 Å². The van der Waals surface area contributed by atoms with Crippen molar-refractivity contribution in [1.29, 1.82) is 0 Å². The molecule has 0 saturated heterocycles. The Hall–Kier alpha value is 1.08. The molecule has 0 bridgehead atoms. The van der Waals surface area contributed by atoms with Crippen LogP contribution in [0.2, 0.25) is 0 Å². The Morgan fingerprint density at radius 2 is 1.12 bits per heavy atom. The first-order valence-corrected chi connectivity index (χ1v) is 2.41. The molecule has 0 amide bonds. The minimum atomic E-state index is -0.750. The van der Waals surface area contributed by atoms with Crippen LogP contribution >= 0.6 is 47.2 Å². The smallest absolute Gasteiger partial charge is 0.180 e. The molecule has 0 saturated carbocycles. The Kier molecular flexibility index (Phi) is 69.9. The van der Waals surface area contributed by atoms with Gasteiger partial charge < -0.3 is 11.3 Å². The Bertz CT molecular complexity index is 18.8. The lowest BCUT2D eigenvalue weighted by Crippen LogP contribution is -1.55. The van der Waals surface area contributed by atoms with E-state index in [9.17, 15) is 0 Å². The average Bonchev–Trinajstić information content (AvgIpc) is 1.41. The van der Waals surface area contributed by atoms with Gasteiger partial charge in [-0.05, 0) is 0 Å². The fourth-order valence-corrected chi connectivity index (χ4v) is 0. The van der Waals surface area contributed by atoms with Crippen molar-refractivity contribution >= 4 is 47.2 Å². The lowest BCUT2D eigenvalue weighted by Gasteiger charge is -1.69. The zero-order chi connectivity index (χ0) is 5.58. The van der Waals surface area contributed by atoms with Crippen LogP contribution in [0.15, 0.2) is 0 Å². The van der Waals surface area contributed by atoms with E-state index in [1.54, 1.807) is 0 Å². The molecule has 0 radical (unpaired) electrons. The fourth-order valence-electron chi connectivity index (χ4n) is 0. The Labute approximate surface area is 70.1 Å². The van der Waals surface area contributed by atoms with Gasteiger partial charge in [0.25, 0.3) is 0 Å². The first-order chi connectivity index (χ1) is 2.73. The molecule has 0 aliphatic rings. The molecule has 0 aliphatic heterocycles.